The van der Waals surface area contributed by atoms with Crippen LogP contribution in [0.15, 0.2) is 36.4 Å². The van der Waals surface area contributed by atoms with Gasteiger partial charge in [-0.1, -0.05) is 12.1 Å². The van der Waals surface area contributed by atoms with Gasteiger partial charge >= 0.3 is 0 Å². The van der Waals surface area contributed by atoms with Crippen molar-refractivity contribution in [3.8, 4) is 5.75 Å². The first-order chi connectivity index (χ1) is 10.0. The Morgan fingerprint density at radius 2 is 1.71 bits per heavy atom. The van der Waals surface area contributed by atoms with E-state index >= 15 is 0 Å². The normalized spacial score (nSPS) is 14.0. The Bertz CT molecular complexity index is 685. The molecule has 0 heterocycles. The maximum absolute atomic E-state index is 13.6. The molecule has 1 saturated carbocycles. The van der Waals surface area contributed by atoms with E-state index in [2.05, 4.69) is 0 Å². The minimum absolute atomic E-state index is 0.0950. The number of ether oxygens (including phenoxy) is 1. The molecule has 0 N–H and O–H groups in total. The van der Waals surface area contributed by atoms with Gasteiger partial charge in [-0.3, -0.25) is 4.79 Å². The summed E-state index contributed by atoms with van der Waals surface area (Å²) in [6.07, 6.45) is 2.06. The molecule has 21 heavy (non-hydrogen) atoms. The third-order valence-corrected chi connectivity index (χ3v) is 3.16. The number of halogens is 3. The third-order valence-electron chi connectivity index (χ3n) is 3.16. The van der Waals surface area contributed by atoms with Crippen molar-refractivity contribution in [1.29, 1.82) is 0 Å². The van der Waals surface area contributed by atoms with E-state index in [0.717, 1.165) is 12.8 Å². The lowest BCUT2D eigenvalue weighted by Gasteiger charge is -2.08. The largest absolute Gasteiger partial charge is 0.490 e. The Hall–Kier alpha value is -2.30. The molecule has 0 atom stereocenters. The van der Waals surface area contributed by atoms with Gasteiger partial charge in [0.25, 0.3) is 0 Å². The smallest absolute Gasteiger partial charge is 0.199 e. The lowest BCUT2D eigenvalue weighted by atomic mass is 10.0. The molecule has 0 amide bonds. The van der Waals surface area contributed by atoms with Crippen molar-refractivity contribution >= 4 is 5.78 Å². The van der Waals surface area contributed by atoms with Crippen LogP contribution in [0.2, 0.25) is 0 Å². The average molecular weight is 292 g/mol. The number of carbonyl (C=O) groups is 1. The Labute approximate surface area is 119 Å². The van der Waals surface area contributed by atoms with Crippen LogP contribution in [0.1, 0.15) is 28.8 Å². The summed E-state index contributed by atoms with van der Waals surface area (Å²) in [7, 11) is 0. The SMILES string of the molecule is O=C(c1cccc(OC2CC2)c1)c1c(F)cc(F)cc1F. The molecule has 0 saturated heterocycles. The second-order valence-corrected chi connectivity index (χ2v) is 4.92. The molecule has 1 aliphatic carbocycles. The maximum Gasteiger partial charge on any atom is 0.199 e. The summed E-state index contributed by atoms with van der Waals surface area (Å²) in [6.45, 7) is 0. The van der Waals surface area contributed by atoms with Gasteiger partial charge in [0.2, 0.25) is 0 Å². The number of carbonyl (C=O) groups excluding carboxylic acids is 1. The van der Waals surface area contributed by atoms with Crippen LogP contribution in [0.3, 0.4) is 0 Å². The van der Waals surface area contributed by atoms with Crippen molar-refractivity contribution in [1.82, 2.24) is 0 Å². The summed E-state index contributed by atoms with van der Waals surface area (Å²) in [5.74, 6) is -3.86. The molecule has 0 radical (unpaired) electrons. The molecule has 5 heteroatoms. The fraction of sp³-hybridized carbons (Fsp3) is 0.188. The van der Waals surface area contributed by atoms with Crippen LogP contribution >= 0.6 is 0 Å². The van der Waals surface area contributed by atoms with Crippen LogP contribution in [0.4, 0.5) is 13.2 Å². The van der Waals surface area contributed by atoms with E-state index in [1.807, 2.05) is 0 Å². The van der Waals surface area contributed by atoms with Crippen LogP contribution in [0.5, 0.6) is 5.75 Å². The summed E-state index contributed by atoms with van der Waals surface area (Å²) in [4.78, 5) is 12.2. The fourth-order valence-corrected chi connectivity index (χ4v) is 1.99. The highest BCUT2D eigenvalue weighted by Crippen LogP contribution is 2.28. The lowest BCUT2D eigenvalue weighted by Crippen LogP contribution is -2.08. The molecule has 2 aromatic carbocycles. The first kappa shape index (κ1) is 13.7. The predicted octanol–water partition coefficient (Wildman–Crippen LogP) is 3.88. The van der Waals surface area contributed by atoms with E-state index in [0.29, 0.717) is 17.9 Å². The molecule has 1 fully saturated rings. The standard InChI is InChI=1S/C16H11F3O2/c17-10-7-13(18)15(14(19)8-10)16(20)9-2-1-3-12(6-9)21-11-4-5-11/h1-3,6-8,11H,4-5H2. The van der Waals surface area contributed by atoms with E-state index in [9.17, 15) is 18.0 Å². The van der Waals surface area contributed by atoms with Gasteiger partial charge < -0.3 is 4.74 Å². The molecule has 0 unspecified atom stereocenters. The van der Waals surface area contributed by atoms with Crippen molar-refractivity contribution in [2.45, 2.75) is 18.9 Å². The Morgan fingerprint density at radius 1 is 1.05 bits per heavy atom. The zero-order valence-corrected chi connectivity index (χ0v) is 10.9. The molecule has 0 spiro atoms. The van der Waals surface area contributed by atoms with Gasteiger partial charge in [-0.05, 0) is 25.0 Å². The van der Waals surface area contributed by atoms with Gasteiger partial charge in [-0.25, -0.2) is 13.2 Å². The van der Waals surface area contributed by atoms with Gasteiger partial charge in [0, 0.05) is 17.7 Å². The molecule has 108 valence electrons. The quantitative estimate of drug-likeness (QED) is 0.799. The molecule has 3 rings (SSSR count). The van der Waals surface area contributed by atoms with Crippen LogP contribution in [-0.4, -0.2) is 11.9 Å². The topological polar surface area (TPSA) is 26.3 Å². The van der Waals surface area contributed by atoms with Crippen molar-refractivity contribution < 1.29 is 22.7 Å². The summed E-state index contributed by atoms with van der Waals surface area (Å²) in [5.41, 5.74) is -0.669. The van der Waals surface area contributed by atoms with Gasteiger partial charge in [-0.15, -0.1) is 0 Å². The molecular formula is C16H11F3O2. The van der Waals surface area contributed by atoms with E-state index in [-0.39, 0.29) is 11.7 Å². The molecule has 2 nitrogen and oxygen atoms in total. The zero-order chi connectivity index (χ0) is 15.0. The first-order valence-corrected chi connectivity index (χ1v) is 6.50. The van der Waals surface area contributed by atoms with Crippen molar-refractivity contribution in [2.24, 2.45) is 0 Å². The van der Waals surface area contributed by atoms with Gasteiger partial charge in [0.1, 0.15) is 23.2 Å². The van der Waals surface area contributed by atoms with Crippen molar-refractivity contribution in [3.05, 3.63) is 65.0 Å². The summed E-state index contributed by atoms with van der Waals surface area (Å²) in [6, 6.07) is 7.09. The third kappa shape index (κ3) is 2.91. The van der Waals surface area contributed by atoms with E-state index in [1.165, 1.54) is 12.1 Å². The molecule has 0 aliphatic heterocycles. The number of hydrogen-bond acceptors (Lipinski definition) is 2. The van der Waals surface area contributed by atoms with Crippen LogP contribution in [0, 0.1) is 17.5 Å². The predicted molar refractivity (Wildman–Crippen MR) is 69.8 cm³/mol. The maximum atomic E-state index is 13.6. The van der Waals surface area contributed by atoms with E-state index in [1.54, 1.807) is 12.1 Å². The number of hydrogen-bond donors (Lipinski definition) is 0. The Morgan fingerprint density at radius 3 is 2.33 bits per heavy atom. The molecule has 1 aliphatic rings. The summed E-state index contributed by atoms with van der Waals surface area (Å²) >= 11 is 0. The Kier molecular flexibility index (Phi) is 3.41. The zero-order valence-electron chi connectivity index (χ0n) is 10.9. The van der Waals surface area contributed by atoms with E-state index < -0.39 is 28.8 Å². The highest BCUT2D eigenvalue weighted by molar-refractivity contribution is 6.09. The Balaban J connectivity index is 1.94. The first-order valence-electron chi connectivity index (χ1n) is 6.50. The minimum atomic E-state index is -1.22. The molecular weight excluding hydrogens is 281 g/mol. The minimum Gasteiger partial charge on any atom is -0.490 e. The van der Waals surface area contributed by atoms with Crippen LogP contribution in [-0.2, 0) is 0 Å². The fourth-order valence-electron chi connectivity index (χ4n) is 1.99. The van der Waals surface area contributed by atoms with Crippen molar-refractivity contribution in [2.75, 3.05) is 0 Å². The van der Waals surface area contributed by atoms with Crippen molar-refractivity contribution in [3.63, 3.8) is 0 Å². The van der Waals surface area contributed by atoms with Crippen LogP contribution < -0.4 is 4.74 Å². The second kappa shape index (κ2) is 5.24. The summed E-state index contributed by atoms with van der Waals surface area (Å²) < 4.78 is 45.7. The van der Waals surface area contributed by atoms with E-state index in [4.69, 9.17) is 4.74 Å². The number of rotatable bonds is 4. The molecule has 2 aromatic rings. The lowest BCUT2D eigenvalue weighted by molar-refractivity contribution is 0.103. The number of ketones is 1. The van der Waals surface area contributed by atoms with Crippen LogP contribution in [0.25, 0.3) is 0 Å². The van der Waals surface area contributed by atoms with Gasteiger partial charge in [0.05, 0.1) is 11.7 Å². The second-order valence-electron chi connectivity index (χ2n) is 4.92. The highest BCUT2D eigenvalue weighted by Gasteiger charge is 2.24. The monoisotopic (exact) mass is 292 g/mol. The van der Waals surface area contributed by atoms with Gasteiger partial charge in [-0.2, -0.15) is 0 Å². The van der Waals surface area contributed by atoms with Gasteiger partial charge in [0.15, 0.2) is 5.78 Å². The average Bonchev–Trinajstić information content (AvgIpc) is 3.21. The number of benzene rings is 2. The highest BCUT2D eigenvalue weighted by atomic mass is 19.1. The molecule has 0 aromatic heterocycles. The molecule has 0 bridgehead atoms. The summed E-state index contributed by atoms with van der Waals surface area (Å²) in [5, 5.41) is 0.